The van der Waals surface area contributed by atoms with Crippen molar-refractivity contribution in [2.45, 2.75) is 45.1 Å². The molecule has 0 bridgehead atoms. The van der Waals surface area contributed by atoms with E-state index in [0.29, 0.717) is 17.0 Å². The molecule has 0 aromatic rings. The molecule has 0 saturated carbocycles. The van der Waals surface area contributed by atoms with Gasteiger partial charge in [-0.15, -0.1) is 0 Å². The predicted molar refractivity (Wildman–Crippen MR) is 63.5 cm³/mol. The third kappa shape index (κ3) is 3.73. The van der Waals surface area contributed by atoms with Crippen LogP contribution in [-0.4, -0.2) is 25.2 Å². The number of methoxy groups -OCH3 is 1. The lowest BCUT2D eigenvalue weighted by Gasteiger charge is -2.03. The lowest BCUT2D eigenvalue weighted by atomic mass is 10.1. The van der Waals surface area contributed by atoms with E-state index in [1.807, 2.05) is 0 Å². The Morgan fingerprint density at radius 2 is 2.24 bits per heavy atom. The highest BCUT2D eigenvalue weighted by Crippen LogP contribution is 2.28. The van der Waals surface area contributed by atoms with Crippen LogP contribution in [0.15, 0.2) is 10.6 Å². The molecule has 1 heterocycles. The topological polar surface area (TPSA) is 52.6 Å². The summed E-state index contributed by atoms with van der Waals surface area (Å²) < 4.78 is 9.43. The summed E-state index contributed by atoms with van der Waals surface area (Å²) in [5.41, 5.74) is 0.415. The first-order chi connectivity index (χ1) is 8.10. The summed E-state index contributed by atoms with van der Waals surface area (Å²) in [5, 5.41) is 0.509. The van der Waals surface area contributed by atoms with Crippen molar-refractivity contribution in [2.24, 2.45) is 0 Å². The van der Waals surface area contributed by atoms with Gasteiger partial charge < -0.3 is 9.47 Å². The fraction of sp³-hybridized carbons (Fsp3) is 0.667. The van der Waals surface area contributed by atoms with Gasteiger partial charge in [-0.25, -0.2) is 9.59 Å². The number of carbonyl (C=O) groups excluding carboxylic acids is 2. The second-order valence-corrected chi connectivity index (χ2v) is 4.42. The molecule has 0 radical (unpaired) electrons. The number of cyclic esters (lactones) is 1. The summed E-state index contributed by atoms with van der Waals surface area (Å²) in [6, 6.07) is 0. The van der Waals surface area contributed by atoms with Gasteiger partial charge in [-0.1, -0.05) is 31.4 Å². The van der Waals surface area contributed by atoms with E-state index in [2.05, 4.69) is 11.7 Å². The Morgan fingerprint density at radius 1 is 1.53 bits per heavy atom. The largest absolute Gasteiger partial charge is 0.466 e. The van der Waals surface area contributed by atoms with Crippen molar-refractivity contribution in [1.29, 1.82) is 0 Å². The van der Waals surface area contributed by atoms with E-state index >= 15 is 0 Å². The number of ether oxygens (including phenoxy) is 2. The van der Waals surface area contributed by atoms with Crippen molar-refractivity contribution in [1.82, 2.24) is 0 Å². The minimum atomic E-state index is -0.831. The van der Waals surface area contributed by atoms with Crippen LogP contribution in [0.2, 0.25) is 0 Å². The highest BCUT2D eigenvalue weighted by molar-refractivity contribution is 6.31. The Labute approximate surface area is 106 Å². The van der Waals surface area contributed by atoms with Crippen LogP contribution in [0.1, 0.15) is 39.0 Å². The normalized spacial score (nSPS) is 22.3. The quantitative estimate of drug-likeness (QED) is 0.433. The van der Waals surface area contributed by atoms with E-state index in [0.717, 1.165) is 19.3 Å². The standard InChI is InChI=1S/C12H17ClO4/c1-3-4-5-6-9(13)8-7-10(12(15)16-2)17-11(8)14/h10H,3-7H2,1-2H3/b9-8+. The summed E-state index contributed by atoms with van der Waals surface area (Å²) in [6.45, 7) is 2.10. The van der Waals surface area contributed by atoms with Crippen LogP contribution < -0.4 is 0 Å². The zero-order valence-electron chi connectivity index (χ0n) is 10.1. The Hall–Kier alpha value is -1.03. The van der Waals surface area contributed by atoms with E-state index in [1.165, 1.54) is 7.11 Å². The van der Waals surface area contributed by atoms with Crippen molar-refractivity contribution >= 4 is 23.5 Å². The number of hydrogen-bond acceptors (Lipinski definition) is 4. The highest BCUT2D eigenvalue weighted by atomic mass is 35.5. The molecule has 1 fully saturated rings. The zero-order chi connectivity index (χ0) is 12.8. The first-order valence-electron chi connectivity index (χ1n) is 5.76. The minimum absolute atomic E-state index is 0.219. The smallest absolute Gasteiger partial charge is 0.347 e. The number of rotatable bonds is 5. The average molecular weight is 261 g/mol. The Kier molecular flexibility index (Phi) is 5.48. The van der Waals surface area contributed by atoms with Gasteiger partial charge in [0.2, 0.25) is 6.10 Å². The number of allylic oxidation sites excluding steroid dienone is 1. The number of halogens is 1. The van der Waals surface area contributed by atoms with Crippen molar-refractivity contribution < 1.29 is 19.1 Å². The van der Waals surface area contributed by atoms with Crippen molar-refractivity contribution in [3.63, 3.8) is 0 Å². The van der Waals surface area contributed by atoms with Gasteiger partial charge in [0.1, 0.15) is 0 Å². The molecule has 0 spiro atoms. The molecule has 0 aromatic heterocycles. The number of unbranched alkanes of at least 4 members (excludes halogenated alkanes) is 2. The SMILES string of the molecule is CCCCC/C(Cl)=C1/CC(C(=O)OC)OC1=O. The summed E-state index contributed by atoms with van der Waals surface area (Å²) in [6.07, 6.45) is 3.15. The Morgan fingerprint density at radius 3 is 2.82 bits per heavy atom. The molecule has 1 atom stereocenters. The van der Waals surface area contributed by atoms with E-state index in [9.17, 15) is 9.59 Å². The van der Waals surface area contributed by atoms with Crippen molar-refractivity contribution in [2.75, 3.05) is 7.11 Å². The first-order valence-corrected chi connectivity index (χ1v) is 6.14. The fourth-order valence-electron chi connectivity index (χ4n) is 1.68. The van der Waals surface area contributed by atoms with Crippen LogP contribution in [-0.2, 0) is 19.1 Å². The number of esters is 2. The molecule has 0 N–H and O–H groups in total. The predicted octanol–water partition coefficient (Wildman–Crippen LogP) is 2.55. The summed E-state index contributed by atoms with van der Waals surface area (Å²) in [4.78, 5) is 22.7. The molecule has 5 heteroatoms. The molecule has 1 unspecified atom stereocenters. The maximum atomic E-state index is 11.5. The molecular weight excluding hydrogens is 244 g/mol. The third-order valence-electron chi connectivity index (χ3n) is 2.68. The molecule has 1 aliphatic rings. The zero-order valence-corrected chi connectivity index (χ0v) is 10.9. The van der Waals surface area contributed by atoms with Crippen LogP contribution in [0.3, 0.4) is 0 Å². The van der Waals surface area contributed by atoms with Gasteiger partial charge in [0.05, 0.1) is 12.7 Å². The molecule has 0 amide bonds. The highest BCUT2D eigenvalue weighted by Gasteiger charge is 2.36. The van der Waals surface area contributed by atoms with Crippen LogP contribution in [0.5, 0.6) is 0 Å². The molecule has 1 saturated heterocycles. The maximum Gasteiger partial charge on any atom is 0.347 e. The van der Waals surface area contributed by atoms with Crippen LogP contribution in [0.4, 0.5) is 0 Å². The minimum Gasteiger partial charge on any atom is -0.466 e. The molecular formula is C12H17ClO4. The molecule has 0 aromatic carbocycles. The van der Waals surface area contributed by atoms with Gasteiger partial charge in [-0.2, -0.15) is 0 Å². The van der Waals surface area contributed by atoms with Gasteiger partial charge in [0.15, 0.2) is 0 Å². The molecule has 96 valence electrons. The van der Waals surface area contributed by atoms with Gasteiger partial charge in [0, 0.05) is 11.5 Å². The monoisotopic (exact) mass is 260 g/mol. The first kappa shape index (κ1) is 14.0. The second kappa shape index (κ2) is 6.64. The summed E-state index contributed by atoms with van der Waals surface area (Å²) in [7, 11) is 1.26. The van der Waals surface area contributed by atoms with E-state index in [1.54, 1.807) is 0 Å². The van der Waals surface area contributed by atoms with E-state index in [-0.39, 0.29) is 6.42 Å². The molecule has 1 aliphatic heterocycles. The second-order valence-electron chi connectivity index (χ2n) is 3.96. The lowest BCUT2D eigenvalue weighted by Crippen LogP contribution is -2.21. The van der Waals surface area contributed by atoms with E-state index in [4.69, 9.17) is 16.3 Å². The van der Waals surface area contributed by atoms with Gasteiger partial charge in [0.25, 0.3) is 0 Å². The molecule has 1 rings (SSSR count). The summed E-state index contributed by atoms with van der Waals surface area (Å²) in [5.74, 6) is -1.03. The fourth-order valence-corrected chi connectivity index (χ4v) is 1.96. The van der Waals surface area contributed by atoms with E-state index < -0.39 is 18.0 Å². The third-order valence-corrected chi connectivity index (χ3v) is 3.09. The van der Waals surface area contributed by atoms with Gasteiger partial charge >= 0.3 is 11.9 Å². The molecule has 0 aliphatic carbocycles. The number of carbonyl (C=O) groups is 2. The van der Waals surface area contributed by atoms with Crippen LogP contribution in [0, 0.1) is 0 Å². The molecule has 17 heavy (non-hydrogen) atoms. The Bertz CT molecular complexity index is 335. The van der Waals surface area contributed by atoms with Crippen molar-refractivity contribution in [3.05, 3.63) is 10.6 Å². The van der Waals surface area contributed by atoms with Crippen molar-refractivity contribution in [3.8, 4) is 0 Å². The van der Waals surface area contributed by atoms with Crippen LogP contribution >= 0.6 is 11.6 Å². The summed E-state index contributed by atoms with van der Waals surface area (Å²) >= 11 is 6.06. The van der Waals surface area contributed by atoms with Gasteiger partial charge in [-0.05, 0) is 12.8 Å². The maximum absolute atomic E-state index is 11.5. The number of hydrogen-bond donors (Lipinski definition) is 0. The average Bonchev–Trinajstić information content (AvgIpc) is 2.70. The lowest BCUT2D eigenvalue weighted by molar-refractivity contribution is -0.158. The molecule has 4 nitrogen and oxygen atoms in total. The van der Waals surface area contributed by atoms with Gasteiger partial charge in [-0.3, -0.25) is 0 Å². The van der Waals surface area contributed by atoms with Crippen LogP contribution in [0.25, 0.3) is 0 Å². The Balaban J connectivity index is 2.62.